The Kier molecular flexibility index (Phi) is 5.97. The van der Waals surface area contributed by atoms with E-state index < -0.39 is 5.54 Å². The second kappa shape index (κ2) is 7.37. The molecule has 5 heteroatoms. The highest BCUT2D eigenvalue weighted by molar-refractivity contribution is 9.10. The first-order chi connectivity index (χ1) is 10.4. The summed E-state index contributed by atoms with van der Waals surface area (Å²) in [6.45, 7) is 4.00. The van der Waals surface area contributed by atoms with Gasteiger partial charge in [-0.15, -0.1) is 0 Å². The monoisotopic (exact) mass is 384 g/mol. The van der Waals surface area contributed by atoms with E-state index in [1.165, 1.54) is 6.42 Å². The molecule has 1 aromatic carbocycles. The number of hydrogen-bond donors (Lipinski definition) is 1. The molecule has 0 aromatic heterocycles. The summed E-state index contributed by atoms with van der Waals surface area (Å²) in [5, 5.41) is 0.682. The second-order valence-corrected chi connectivity index (χ2v) is 8.66. The fraction of sp³-hybridized carbons (Fsp3) is 0.588. The van der Waals surface area contributed by atoms with Gasteiger partial charge in [-0.2, -0.15) is 11.8 Å². The highest BCUT2D eigenvalue weighted by Gasteiger charge is 2.38. The van der Waals surface area contributed by atoms with Gasteiger partial charge in [0.25, 0.3) is 0 Å². The zero-order valence-electron chi connectivity index (χ0n) is 13.5. The van der Waals surface area contributed by atoms with E-state index in [0.29, 0.717) is 11.3 Å². The molecule has 3 atom stereocenters. The Hall–Kier alpha value is -0.520. The Morgan fingerprint density at radius 2 is 2.05 bits per heavy atom. The third-order valence-corrected chi connectivity index (χ3v) is 6.28. The van der Waals surface area contributed by atoms with Gasteiger partial charge >= 0.3 is 0 Å². The Morgan fingerprint density at radius 3 is 2.64 bits per heavy atom. The van der Waals surface area contributed by atoms with Gasteiger partial charge in [0.15, 0.2) is 0 Å². The van der Waals surface area contributed by atoms with E-state index in [2.05, 4.69) is 22.9 Å². The number of rotatable bonds is 5. The van der Waals surface area contributed by atoms with Crippen molar-refractivity contribution in [2.45, 2.75) is 49.9 Å². The number of nitrogens with zero attached hydrogens (tertiary/aromatic N) is 1. The van der Waals surface area contributed by atoms with E-state index in [1.807, 2.05) is 54.9 Å². The third kappa shape index (κ3) is 3.87. The van der Waals surface area contributed by atoms with Gasteiger partial charge in [0.05, 0.1) is 0 Å². The molecule has 1 aliphatic carbocycles. The number of thioether (sulfide) groups is 1. The summed E-state index contributed by atoms with van der Waals surface area (Å²) in [4.78, 5) is 14.8. The zero-order valence-corrected chi connectivity index (χ0v) is 15.9. The van der Waals surface area contributed by atoms with E-state index in [9.17, 15) is 4.79 Å². The first-order valence-electron chi connectivity index (χ1n) is 7.80. The molecule has 1 saturated carbocycles. The molecule has 1 amide bonds. The van der Waals surface area contributed by atoms with Gasteiger partial charge in [-0.05, 0) is 49.6 Å². The van der Waals surface area contributed by atoms with Gasteiger partial charge < -0.3 is 10.6 Å². The fourth-order valence-corrected chi connectivity index (χ4v) is 4.50. The standard InChI is InChI=1S/C17H25BrN2OS/c1-4-22-15-10-9-14(11-15)20(3)16(21)17(2,19)12-5-7-13(18)8-6-12/h5-8,14-15H,4,9-11,19H2,1-3H3. The van der Waals surface area contributed by atoms with E-state index in [4.69, 9.17) is 5.73 Å². The molecule has 122 valence electrons. The van der Waals surface area contributed by atoms with Crippen LogP contribution >= 0.6 is 27.7 Å². The summed E-state index contributed by atoms with van der Waals surface area (Å²) in [5.74, 6) is 1.14. The second-order valence-electron chi connectivity index (χ2n) is 6.17. The number of amides is 1. The Bertz CT molecular complexity index is 518. The molecule has 1 aromatic rings. The van der Waals surface area contributed by atoms with Crippen molar-refractivity contribution in [3.05, 3.63) is 34.3 Å². The van der Waals surface area contributed by atoms with Crippen molar-refractivity contribution in [3.63, 3.8) is 0 Å². The maximum atomic E-state index is 12.9. The minimum atomic E-state index is -0.981. The van der Waals surface area contributed by atoms with Gasteiger partial charge in [-0.25, -0.2) is 0 Å². The molecule has 3 nitrogen and oxygen atoms in total. The predicted molar refractivity (Wildman–Crippen MR) is 98.0 cm³/mol. The van der Waals surface area contributed by atoms with Gasteiger partial charge in [0, 0.05) is 22.8 Å². The summed E-state index contributed by atoms with van der Waals surface area (Å²) in [5.41, 5.74) is 6.25. The molecule has 22 heavy (non-hydrogen) atoms. The summed E-state index contributed by atoms with van der Waals surface area (Å²) >= 11 is 5.42. The molecular weight excluding hydrogens is 360 g/mol. The molecule has 0 spiro atoms. The highest BCUT2D eigenvalue weighted by Crippen LogP contribution is 2.33. The van der Waals surface area contributed by atoms with Crippen LogP contribution in [-0.2, 0) is 10.3 Å². The van der Waals surface area contributed by atoms with Crippen molar-refractivity contribution >= 4 is 33.6 Å². The molecule has 0 radical (unpaired) electrons. The van der Waals surface area contributed by atoms with E-state index >= 15 is 0 Å². The molecule has 3 unspecified atom stereocenters. The third-order valence-electron chi connectivity index (χ3n) is 4.52. The van der Waals surface area contributed by atoms with Crippen LogP contribution in [0, 0.1) is 0 Å². The minimum Gasteiger partial charge on any atom is -0.341 e. The summed E-state index contributed by atoms with van der Waals surface area (Å²) in [6.07, 6.45) is 3.36. The average Bonchev–Trinajstić information content (AvgIpc) is 2.95. The summed E-state index contributed by atoms with van der Waals surface area (Å²) in [7, 11) is 1.90. The van der Waals surface area contributed by atoms with Crippen LogP contribution in [0.2, 0.25) is 0 Å². The summed E-state index contributed by atoms with van der Waals surface area (Å²) in [6, 6.07) is 8.00. The van der Waals surface area contributed by atoms with Crippen LogP contribution in [-0.4, -0.2) is 34.9 Å². The van der Waals surface area contributed by atoms with Crippen molar-refractivity contribution in [1.82, 2.24) is 4.90 Å². The van der Waals surface area contributed by atoms with Gasteiger partial charge in [-0.1, -0.05) is 35.0 Å². The molecule has 0 saturated heterocycles. The molecule has 0 aliphatic heterocycles. The lowest BCUT2D eigenvalue weighted by Crippen LogP contribution is -2.52. The molecule has 1 aliphatic rings. The number of likely N-dealkylation sites (N-methyl/N-ethyl adjacent to an activating group) is 1. The first-order valence-corrected chi connectivity index (χ1v) is 9.64. The molecule has 0 bridgehead atoms. The first kappa shape index (κ1) is 17.8. The number of benzene rings is 1. The fourth-order valence-electron chi connectivity index (χ4n) is 3.11. The lowest BCUT2D eigenvalue weighted by atomic mass is 9.91. The van der Waals surface area contributed by atoms with Crippen molar-refractivity contribution in [1.29, 1.82) is 0 Å². The van der Waals surface area contributed by atoms with Crippen LogP contribution in [0.4, 0.5) is 0 Å². The quantitative estimate of drug-likeness (QED) is 0.840. The van der Waals surface area contributed by atoms with Gasteiger partial charge in [0.2, 0.25) is 5.91 Å². The summed E-state index contributed by atoms with van der Waals surface area (Å²) < 4.78 is 0.989. The van der Waals surface area contributed by atoms with E-state index in [1.54, 1.807) is 0 Å². The van der Waals surface area contributed by atoms with Crippen LogP contribution < -0.4 is 5.73 Å². The number of hydrogen-bond acceptors (Lipinski definition) is 3. The molecule has 2 N–H and O–H groups in total. The van der Waals surface area contributed by atoms with Crippen LogP contribution in [0.25, 0.3) is 0 Å². The number of nitrogens with two attached hydrogens (primary N) is 1. The molecular formula is C17H25BrN2OS. The minimum absolute atomic E-state index is 0.00182. The molecule has 2 rings (SSSR count). The van der Waals surface area contributed by atoms with Crippen LogP contribution in [0.3, 0.4) is 0 Å². The molecule has 0 heterocycles. The van der Waals surface area contributed by atoms with Crippen molar-refractivity contribution in [2.24, 2.45) is 5.73 Å². The van der Waals surface area contributed by atoms with E-state index in [-0.39, 0.29) is 5.91 Å². The van der Waals surface area contributed by atoms with Crippen molar-refractivity contribution in [3.8, 4) is 0 Å². The van der Waals surface area contributed by atoms with Gasteiger partial charge in [0.1, 0.15) is 5.54 Å². The van der Waals surface area contributed by atoms with Gasteiger partial charge in [-0.3, -0.25) is 4.79 Å². The Balaban J connectivity index is 2.07. The van der Waals surface area contributed by atoms with E-state index in [0.717, 1.165) is 28.6 Å². The zero-order chi connectivity index (χ0) is 16.3. The Morgan fingerprint density at radius 1 is 1.41 bits per heavy atom. The maximum absolute atomic E-state index is 12.9. The topological polar surface area (TPSA) is 46.3 Å². The SMILES string of the molecule is CCSC1CCC(N(C)C(=O)C(C)(N)c2ccc(Br)cc2)C1. The van der Waals surface area contributed by atoms with Crippen molar-refractivity contribution < 1.29 is 4.79 Å². The smallest absolute Gasteiger partial charge is 0.246 e. The normalized spacial score (nSPS) is 24.0. The largest absolute Gasteiger partial charge is 0.341 e. The Labute approximate surface area is 146 Å². The highest BCUT2D eigenvalue weighted by atomic mass is 79.9. The number of carbonyl (C=O) groups is 1. The predicted octanol–water partition coefficient (Wildman–Crippen LogP) is 3.76. The molecule has 1 fully saturated rings. The number of halogens is 1. The van der Waals surface area contributed by atoms with Crippen LogP contribution in [0.5, 0.6) is 0 Å². The number of carbonyl (C=O) groups excluding carboxylic acids is 1. The van der Waals surface area contributed by atoms with Crippen LogP contribution in [0.1, 0.15) is 38.7 Å². The maximum Gasteiger partial charge on any atom is 0.246 e. The van der Waals surface area contributed by atoms with Crippen molar-refractivity contribution in [2.75, 3.05) is 12.8 Å². The lowest BCUT2D eigenvalue weighted by molar-refractivity contribution is -0.137. The lowest BCUT2D eigenvalue weighted by Gasteiger charge is -2.33. The average molecular weight is 385 g/mol. The van der Waals surface area contributed by atoms with Crippen LogP contribution in [0.15, 0.2) is 28.7 Å².